The van der Waals surface area contributed by atoms with Crippen LogP contribution in [0.2, 0.25) is 0 Å². The Bertz CT molecular complexity index is 2010. The summed E-state index contributed by atoms with van der Waals surface area (Å²) in [7, 11) is 0. The van der Waals surface area contributed by atoms with Crippen LogP contribution in [0.5, 0.6) is 5.75 Å². The van der Waals surface area contributed by atoms with E-state index >= 15 is 0 Å². The van der Waals surface area contributed by atoms with Crippen molar-refractivity contribution in [3.63, 3.8) is 0 Å². The van der Waals surface area contributed by atoms with Crippen molar-refractivity contribution in [2.75, 3.05) is 26.2 Å². The van der Waals surface area contributed by atoms with Gasteiger partial charge in [0.2, 0.25) is 11.8 Å². The number of rotatable bonds is 17. The summed E-state index contributed by atoms with van der Waals surface area (Å²) < 4.78 is 20.6. The summed E-state index contributed by atoms with van der Waals surface area (Å²) in [5.41, 5.74) is 4.52. The summed E-state index contributed by atoms with van der Waals surface area (Å²) in [5, 5.41) is 21.9. The molecule has 0 radical (unpaired) electrons. The normalized spacial score (nSPS) is 18.6. The number of hydrogen-bond acceptors (Lipinski definition) is 9. The number of benzene rings is 2. The fourth-order valence-corrected chi connectivity index (χ4v) is 8.24. The van der Waals surface area contributed by atoms with E-state index in [-0.39, 0.29) is 50.8 Å². The Morgan fingerprint density at radius 2 is 1.74 bits per heavy atom. The van der Waals surface area contributed by atoms with Crippen molar-refractivity contribution >= 4 is 40.9 Å². The lowest BCUT2D eigenvalue weighted by Gasteiger charge is -2.35. The van der Waals surface area contributed by atoms with Crippen molar-refractivity contribution in [2.24, 2.45) is 5.41 Å². The Morgan fingerprint density at radius 3 is 2.45 bits per heavy atom. The summed E-state index contributed by atoms with van der Waals surface area (Å²) in [6.45, 7) is 7.75. The standard InChI is InChI=1S/C43H55FN6O7S/c1-26-36(58-25-48-26)29-12-14-31(22-47-39(54)33-21-32(51)23-50(33)40(55)37(42(2,3)4)49-41(56)43(44)15-16-43)34(20-29)57-24-35(52)45-17-6-5-7-18-46-38(53)30-13-11-27-9-8-10-28(27)19-30/h11-14,19-20,25,32-33,37,51H,5-10,15-18,21-24H2,1-4H3,(H,45,52)(H,46,53)(H,47,54)(H,49,56)/t32-,33+,37-/m1/s1. The molecule has 3 atom stereocenters. The lowest BCUT2D eigenvalue weighted by molar-refractivity contribution is -0.145. The maximum atomic E-state index is 14.6. The molecule has 1 saturated heterocycles. The largest absolute Gasteiger partial charge is 0.483 e. The number of fused-ring (bicyclic) bond motifs is 1. The van der Waals surface area contributed by atoms with Gasteiger partial charge in [0.1, 0.15) is 17.8 Å². The van der Waals surface area contributed by atoms with Crippen LogP contribution in [0.1, 0.15) is 98.5 Å². The van der Waals surface area contributed by atoms with E-state index in [1.165, 1.54) is 27.4 Å². The lowest BCUT2D eigenvalue weighted by Crippen LogP contribution is -2.59. The second kappa shape index (κ2) is 18.4. The number of aromatic nitrogens is 1. The predicted octanol–water partition coefficient (Wildman–Crippen LogP) is 4.31. The van der Waals surface area contributed by atoms with Gasteiger partial charge >= 0.3 is 0 Å². The molecule has 0 bridgehead atoms. The van der Waals surface area contributed by atoms with Crippen LogP contribution in [0, 0.1) is 12.3 Å². The number of nitrogens with zero attached hydrogens (tertiary/aromatic N) is 2. The van der Waals surface area contributed by atoms with Crippen LogP contribution >= 0.6 is 11.3 Å². The van der Waals surface area contributed by atoms with E-state index in [9.17, 15) is 33.5 Å². The highest BCUT2D eigenvalue weighted by molar-refractivity contribution is 7.13. The van der Waals surface area contributed by atoms with Crippen LogP contribution in [0.25, 0.3) is 10.4 Å². The molecule has 0 spiro atoms. The van der Waals surface area contributed by atoms with Gasteiger partial charge in [0, 0.05) is 43.7 Å². The highest BCUT2D eigenvalue weighted by Gasteiger charge is 2.53. The van der Waals surface area contributed by atoms with Crippen molar-refractivity contribution in [2.45, 2.75) is 116 Å². The number of carbonyl (C=O) groups excluding carboxylic acids is 5. The first-order chi connectivity index (χ1) is 27.6. The monoisotopic (exact) mass is 818 g/mol. The van der Waals surface area contributed by atoms with Gasteiger partial charge in [-0.15, -0.1) is 11.3 Å². The molecule has 6 rings (SSSR count). The zero-order valence-electron chi connectivity index (χ0n) is 33.8. The molecule has 1 aromatic heterocycles. The van der Waals surface area contributed by atoms with Gasteiger partial charge in [0.25, 0.3) is 17.7 Å². The number of halogens is 1. The maximum absolute atomic E-state index is 14.6. The number of ether oxygens (including phenoxy) is 1. The average Bonchev–Trinajstić information content (AvgIpc) is 3.50. The van der Waals surface area contributed by atoms with Gasteiger partial charge in [-0.2, -0.15) is 0 Å². The van der Waals surface area contributed by atoms with Crippen molar-refractivity contribution < 1.29 is 38.2 Å². The van der Waals surface area contributed by atoms with E-state index in [1.54, 1.807) is 38.4 Å². The van der Waals surface area contributed by atoms with Crippen LogP contribution in [0.3, 0.4) is 0 Å². The molecule has 2 aliphatic carbocycles. The summed E-state index contributed by atoms with van der Waals surface area (Å²) >= 11 is 1.47. The van der Waals surface area contributed by atoms with Gasteiger partial charge in [0.05, 0.1) is 22.2 Å². The summed E-state index contributed by atoms with van der Waals surface area (Å²) in [4.78, 5) is 72.1. The molecule has 15 heteroatoms. The number of aryl methyl sites for hydroxylation is 3. The number of likely N-dealkylation sites (tertiary alicyclic amines) is 1. The van der Waals surface area contributed by atoms with Gasteiger partial charge in [0.15, 0.2) is 12.3 Å². The van der Waals surface area contributed by atoms with E-state index in [2.05, 4.69) is 32.3 Å². The van der Waals surface area contributed by atoms with Gasteiger partial charge < -0.3 is 36.0 Å². The molecule has 2 heterocycles. The predicted molar refractivity (Wildman–Crippen MR) is 218 cm³/mol. The van der Waals surface area contributed by atoms with Crippen LogP contribution in [0.4, 0.5) is 4.39 Å². The van der Waals surface area contributed by atoms with Crippen LogP contribution in [-0.2, 0) is 38.6 Å². The highest BCUT2D eigenvalue weighted by Crippen LogP contribution is 2.40. The molecule has 58 heavy (non-hydrogen) atoms. The minimum atomic E-state index is -1.98. The molecule has 2 aromatic carbocycles. The number of β-amino-alcohol motifs (C(OH)–C–C–N with tert-alkyl or cyclic N) is 1. The number of aliphatic hydroxyl groups excluding tert-OH is 1. The van der Waals surface area contributed by atoms with Gasteiger partial charge in [-0.05, 0) is 98.6 Å². The minimum Gasteiger partial charge on any atom is -0.483 e. The quantitative estimate of drug-likeness (QED) is 0.125. The minimum absolute atomic E-state index is 0.000812. The van der Waals surface area contributed by atoms with Crippen LogP contribution < -0.4 is 26.0 Å². The van der Waals surface area contributed by atoms with E-state index in [4.69, 9.17) is 4.74 Å². The Labute approximate surface area is 342 Å². The van der Waals surface area contributed by atoms with E-state index in [0.717, 1.165) is 54.7 Å². The van der Waals surface area contributed by atoms with Crippen LogP contribution in [0.15, 0.2) is 41.9 Å². The molecule has 1 saturated carbocycles. The Hall–Kier alpha value is -4.89. The summed E-state index contributed by atoms with van der Waals surface area (Å²) in [6, 6.07) is 9.28. The second-order valence-electron chi connectivity index (χ2n) is 16.7. The molecule has 1 aliphatic heterocycles. The number of carbonyl (C=O) groups is 5. The zero-order chi connectivity index (χ0) is 41.6. The number of hydrogen-bond donors (Lipinski definition) is 5. The molecule has 5 N–H and O–H groups in total. The molecule has 3 aromatic rings. The number of unbranched alkanes of at least 4 members (excludes halogenated alkanes) is 2. The molecule has 5 amide bonds. The Kier molecular flexibility index (Phi) is 13.5. The topological polar surface area (TPSA) is 179 Å². The first-order valence-electron chi connectivity index (χ1n) is 20.2. The molecule has 0 unspecified atom stereocenters. The third-order valence-corrected chi connectivity index (χ3v) is 12.0. The number of alkyl halides is 1. The van der Waals surface area contributed by atoms with Gasteiger partial charge in [-0.3, -0.25) is 24.0 Å². The summed E-state index contributed by atoms with van der Waals surface area (Å²) in [6.07, 6.45) is 4.78. The zero-order valence-corrected chi connectivity index (χ0v) is 34.6. The number of thiazole rings is 1. The van der Waals surface area contributed by atoms with Crippen molar-refractivity contribution in [3.8, 4) is 16.2 Å². The smallest absolute Gasteiger partial charge is 0.258 e. The van der Waals surface area contributed by atoms with Crippen molar-refractivity contribution in [1.82, 2.24) is 31.2 Å². The SMILES string of the molecule is Cc1ncsc1-c1ccc(CNC(=O)[C@@H]2C[C@@H](O)CN2C(=O)[C@@H](NC(=O)C2(F)CC2)C(C)(C)C)c(OCC(=O)NCCCCCNC(=O)c2ccc3c(c2)CCC3)c1. The number of amides is 5. The van der Waals surface area contributed by atoms with Crippen molar-refractivity contribution in [1.29, 1.82) is 0 Å². The maximum Gasteiger partial charge on any atom is 0.258 e. The number of nitrogens with one attached hydrogen (secondary N) is 4. The summed E-state index contributed by atoms with van der Waals surface area (Å²) in [5.74, 6) is -1.92. The molecular weight excluding hydrogens is 764 g/mol. The van der Waals surface area contributed by atoms with E-state index < -0.39 is 47.0 Å². The lowest BCUT2D eigenvalue weighted by atomic mass is 9.85. The molecule has 13 nitrogen and oxygen atoms in total. The highest BCUT2D eigenvalue weighted by atomic mass is 32.1. The van der Waals surface area contributed by atoms with E-state index in [0.29, 0.717) is 30.0 Å². The molecule has 2 fully saturated rings. The Morgan fingerprint density at radius 1 is 1.00 bits per heavy atom. The van der Waals surface area contributed by atoms with Gasteiger partial charge in [-0.1, -0.05) is 39.0 Å². The van der Waals surface area contributed by atoms with Crippen molar-refractivity contribution in [3.05, 3.63) is 69.9 Å². The number of aliphatic hydroxyl groups is 1. The second-order valence-corrected chi connectivity index (χ2v) is 17.6. The Balaban J connectivity index is 1.01. The average molecular weight is 819 g/mol. The first kappa shape index (κ1) is 42.7. The first-order valence-corrected chi connectivity index (χ1v) is 21.1. The molecule has 3 aliphatic rings. The third-order valence-electron chi connectivity index (χ3n) is 11.1. The van der Waals surface area contributed by atoms with Crippen LogP contribution in [-0.4, -0.2) is 94.6 Å². The molecular formula is C43H55FN6O7S. The third kappa shape index (κ3) is 10.6. The molecule has 312 valence electrons. The van der Waals surface area contributed by atoms with E-state index in [1.807, 2.05) is 25.1 Å². The fraction of sp³-hybridized carbons (Fsp3) is 0.535. The van der Waals surface area contributed by atoms with Gasteiger partial charge in [-0.25, -0.2) is 9.37 Å². The fourth-order valence-electron chi connectivity index (χ4n) is 7.44.